The molecule has 44 heavy (non-hydrogen) atoms. The molecule has 13 heteroatoms. The molecule has 1 unspecified atom stereocenters. The number of anilines is 1. The number of carbonyl (C=O) groups is 1. The van der Waals surface area contributed by atoms with E-state index in [1.54, 1.807) is 0 Å². The number of alkyl halides is 3. The number of amides is 1. The SMILES string of the molecule is CC(C)(C)C[C@@H]1N[C@@H](C(=O)Nc2ccc(C(N)O)c(C(F)(F)F)c2)[C@H](c2cccc(Cl)c2F)[C@@]1(C#N)c1ccc(Cl)cc1F. The molecule has 1 fully saturated rings. The topological polar surface area (TPSA) is 111 Å². The summed E-state index contributed by atoms with van der Waals surface area (Å²) in [5, 5.41) is 25.8. The van der Waals surface area contributed by atoms with Crippen molar-refractivity contribution in [1.29, 1.82) is 5.26 Å². The van der Waals surface area contributed by atoms with Gasteiger partial charge in [0, 0.05) is 33.8 Å². The van der Waals surface area contributed by atoms with Crippen molar-refractivity contribution in [2.45, 2.75) is 63.0 Å². The molecule has 1 amide bonds. The number of carbonyl (C=O) groups excluding carboxylic acids is 1. The van der Waals surface area contributed by atoms with Crippen LogP contribution in [-0.4, -0.2) is 23.1 Å². The van der Waals surface area contributed by atoms with Crippen LogP contribution in [0.2, 0.25) is 10.0 Å². The van der Waals surface area contributed by atoms with Crippen molar-refractivity contribution in [2.75, 3.05) is 5.32 Å². The number of halogens is 7. The normalized spacial score (nSPS) is 22.8. The summed E-state index contributed by atoms with van der Waals surface area (Å²) in [7, 11) is 0. The molecular formula is C31H29Cl2F5N4O2. The van der Waals surface area contributed by atoms with E-state index in [-0.39, 0.29) is 33.3 Å². The average Bonchev–Trinajstić information content (AvgIpc) is 3.22. The number of aliphatic hydroxyl groups excluding tert-OH is 1. The minimum atomic E-state index is -4.92. The van der Waals surface area contributed by atoms with Crippen LogP contribution in [0.5, 0.6) is 0 Å². The third-order valence-electron chi connectivity index (χ3n) is 7.68. The first-order chi connectivity index (χ1) is 20.4. The molecule has 234 valence electrons. The second-order valence-corrected chi connectivity index (χ2v) is 12.8. The Morgan fingerprint density at radius 3 is 2.39 bits per heavy atom. The Labute approximate surface area is 261 Å². The van der Waals surface area contributed by atoms with E-state index in [0.29, 0.717) is 6.07 Å². The van der Waals surface area contributed by atoms with Crippen LogP contribution in [0, 0.1) is 28.4 Å². The number of nitriles is 1. The fourth-order valence-corrected chi connectivity index (χ4v) is 6.25. The van der Waals surface area contributed by atoms with Crippen LogP contribution in [0.25, 0.3) is 0 Å². The van der Waals surface area contributed by atoms with Crippen molar-refractivity contribution in [3.63, 3.8) is 0 Å². The van der Waals surface area contributed by atoms with Crippen molar-refractivity contribution in [3.8, 4) is 6.07 Å². The van der Waals surface area contributed by atoms with Gasteiger partial charge in [0.25, 0.3) is 0 Å². The van der Waals surface area contributed by atoms with Crippen LogP contribution >= 0.6 is 23.2 Å². The van der Waals surface area contributed by atoms with E-state index < -0.39 is 69.9 Å². The van der Waals surface area contributed by atoms with Gasteiger partial charge in [-0.3, -0.25) is 4.79 Å². The number of hydrogen-bond acceptors (Lipinski definition) is 5. The predicted molar refractivity (Wildman–Crippen MR) is 157 cm³/mol. The molecule has 0 saturated carbocycles. The fourth-order valence-electron chi connectivity index (χ4n) is 5.91. The fraction of sp³-hybridized carbons (Fsp3) is 0.355. The Balaban J connectivity index is 1.93. The number of nitrogens with two attached hydrogens (primary N) is 1. The maximum Gasteiger partial charge on any atom is 0.416 e. The maximum absolute atomic E-state index is 15.8. The zero-order valence-electron chi connectivity index (χ0n) is 23.7. The lowest BCUT2D eigenvalue weighted by Crippen LogP contribution is -2.45. The van der Waals surface area contributed by atoms with E-state index in [1.165, 1.54) is 30.3 Å². The summed E-state index contributed by atoms with van der Waals surface area (Å²) < 4.78 is 72.8. The van der Waals surface area contributed by atoms with Crippen molar-refractivity contribution in [1.82, 2.24) is 5.32 Å². The van der Waals surface area contributed by atoms with Gasteiger partial charge in [0.15, 0.2) is 0 Å². The van der Waals surface area contributed by atoms with Crippen molar-refractivity contribution < 1.29 is 31.9 Å². The Kier molecular flexibility index (Phi) is 9.37. The third-order valence-corrected chi connectivity index (χ3v) is 8.20. The molecule has 0 aromatic heterocycles. The van der Waals surface area contributed by atoms with E-state index in [0.717, 1.165) is 18.2 Å². The zero-order chi connectivity index (χ0) is 32.8. The van der Waals surface area contributed by atoms with Gasteiger partial charge in [0.05, 0.1) is 22.7 Å². The molecule has 1 saturated heterocycles. The first-order valence-corrected chi connectivity index (χ1v) is 14.2. The second-order valence-electron chi connectivity index (χ2n) is 11.9. The average molecular weight is 655 g/mol. The van der Waals surface area contributed by atoms with Crippen LogP contribution in [0.4, 0.5) is 27.6 Å². The summed E-state index contributed by atoms with van der Waals surface area (Å²) in [5.74, 6) is -4.14. The second kappa shape index (κ2) is 12.3. The lowest BCUT2D eigenvalue weighted by atomic mass is 9.62. The molecule has 0 spiro atoms. The van der Waals surface area contributed by atoms with E-state index in [1.807, 2.05) is 20.8 Å². The summed E-state index contributed by atoms with van der Waals surface area (Å²) in [4.78, 5) is 14.0. The quantitative estimate of drug-likeness (QED) is 0.166. The molecule has 0 aliphatic carbocycles. The van der Waals surface area contributed by atoms with Gasteiger partial charge in [-0.15, -0.1) is 0 Å². The number of rotatable bonds is 6. The first kappa shape index (κ1) is 33.6. The van der Waals surface area contributed by atoms with Crippen molar-refractivity contribution in [3.05, 3.63) is 98.5 Å². The number of benzene rings is 3. The summed E-state index contributed by atoms with van der Waals surface area (Å²) in [6.45, 7) is 5.59. The highest BCUT2D eigenvalue weighted by Gasteiger charge is 2.61. The monoisotopic (exact) mass is 654 g/mol. The van der Waals surface area contributed by atoms with Crippen LogP contribution in [0.3, 0.4) is 0 Å². The highest BCUT2D eigenvalue weighted by Crippen LogP contribution is 2.53. The third kappa shape index (κ3) is 6.41. The maximum atomic E-state index is 15.8. The molecule has 1 aliphatic rings. The van der Waals surface area contributed by atoms with Gasteiger partial charge in [-0.1, -0.05) is 68.2 Å². The van der Waals surface area contributed by atoms with Gasteiger partial charge in [-0.25, -0.2) is 8.78 Å². The van der Waals surface area contributed by atoms with Crippen LogP contribution in [-0.2, 0) is 16.4 Å². The Bertz CT molecular complexity index is 1620. The first-order valence-electron chi connectivity index (χ1n) is 13.4. The lowest BCUT2D eigenvalue weighted by molar-refractivity contribution is -0.139. The van der Waals surface area contributed by atoms with Crippen LogP contribution < -0.4 is 16.4 Å². The lowest BCUT2D eigenvalue weighted by Gasteiger charge is -2.37. The molecular weight excluding hydrogens is 626 g/mol. The standard InChI is InChI=1S/C31H29Cl2F5N4O2/c1-29(2,3)13-23-30(14-39,19-10-7-15(32)11-22(19)34)24(18-5-4-6-21(33)25(18)35)26(42-23)28(44)41-16-8-9-17(27(40)43)20(12-16)31(36,37)38/h4-12,23-24,26-27,42-43H,13,40H2,1-3H3,(H,41,44)/t23-,24-,26+,27?,30-/m0/s1. The number of hydrogen-bond donors (Lipinski definition) is 4. The van der Waals surface area contributed by atoms with Gasteiger partial charge in [0.1, 0.15) is 23.3 Å². The van der Waals surface area contributed by atoms with Crippen LogP contribution in [0.15, 0.2) is 54.6 Å². The molecule has 0 bridgehead atoms. The number of aliphatic hydroxyl groups is 1. The minimum Gasteiger partial charge on any atom is -0.375 e. The molecule has 5 atom stereocenters. The largest absolute Gasteiger partial charge is 0.416 e. The number of nitrogens with one attached hydrogen (secondary N) is 2. The van der Waals surface area contributed by atoms with E-state index in [9.17, 15) is 28.3 Å². The molecule has 5 N–H and O–H groups in total. The summed E-state index contributed by atoms with van der Waals surface area (Å²) >= 11 is 12.1. The summed E-state index contributed by atoms with van der Waals surface area (Å²) in [5.41, 5.74) is 0.379. The molecule has 1 aliphatic heterocycles. The molecule has 6 nitrogen and oxygen atoms in total. The summed E-state index contributed by atoms with van der Waals surface area (Å²) in [6.07, 6.45) is -6.66. The Hall–Kier alpha value is -3.27. The number of nitrogens with zero attached hydrogens (tertiary/aromatic N) is 1. The smallest absolute Gasteiger partial charge is 0.375 e. The van der Waals surface area contributed by atoms with E-state index >= 15 is 8.78 Å². The van der Waals surface area contributed by atoms with Gasteiger partial charge in [-0.05, 0) is 47.7 Å². The molecule has 4 rings (SSSR count). The molecule has 3 aromatic carbocycles. The minimum absolute atomic E-state index is 0.0453. The van der Waals surface area contributed by atoms with E-state index in [4.69, 9.17) is 28.9 Å². The zero-order valence-corrected chi connectivity index (χ0v) is 25.3. The molecule has 1 heterocycles. The summed E-state index contributed by atoms with van der Waals surface area (Å²) in [6, 6.07) is 10.1. The van der Waals surface area contributed by atoms with Gasteiger partial charge < -0.3 is 21.5 Å². The highest BCUT2D eigenvalue weighted by molar-refractivity contribution is 6.31. The van der Waals surface area contributed by atoms with Crippen molar-refractivity contribution in [2.24, 2.45) is 11.1 Å². The van der Waals surface area contributed by atoms with Gasteiger partial charge >= 0.3 is 6.18 Å². The highest BCUT2D eigenvalue weighted by atomic mass is 35.5. The Morgan fingerprint density at radius 2 is 1.82 bits per heavy atom. The van der Waals surface area contributed by atoms with Crippen molar-refractivity contribution >= 4 is 34.8 Å². The Morgan fingerprint density at radius 1 is 1.14 bits per heavy atom. The molecule has 3 aromatic rings. The van der Waals surface area contributed by atoms with Crippen LogP contribution in [0.1, 0.15) is 61.6 Å². The van der Waals surface area contributed by atoms with Gasteiger partial charge in [0.2, 0.25) is 5.91 Å². The predicted octanol–water partition coefficient (Wildman–Crippen LogP) is 7.20. The molecule has 0 radical (unpaired) electrons. The van der Waals surface area contributed by atoms with E-state index in [2.05, 4.69) is 16.7 Å². The van der Waals surface area contributed by atoms with Gasteiger partial charge in [-0.2, -0.15) is 18.4 Å².